The Balaban J connectivity index is 1.85. The maximum absolute atomic E-state index is 8.73. The van der Waals surface area contributed by atoms with Gasteiger partial charge in [0, 0.05) is 45.1 Å². The van der Waals surface area contributed by atoms with Crippen LogP contribution in [0.15, 0.2) is 23.6 Å². The molecule has 1 fully saturated rings. The summed E-state index contributed by atoms with van der Waals surface area (Å²) in [7, 11) is 0. The van der Waals surface area contributed by atoms with Gasteiger partial charge in [0.25, 0.3) is 0 Å². The third-order valence-corrected chi connectivity index (χ3v) is 3.84. The van der Waals surface area contributed by atoms with Gasteiger partial charge in [0.2, 0.25) is 0 Å². The third-order valence-electron chi connectivity index (χ3n) is 3.84. The van der Waals surface area contributed by atoms with E-state index in [2.05, 4.69) is 32.9 Å². The lowest BCUT2D eigenvalue weighted by Gasteiger charge is -2.37. The highest BCUT2D eigenvalue weighted by Gasteiger charge is 2.23. The summed E-state index contributed by atoms with van der Waals surface area (Å²) in [6.45, 7) is 8.78. The van der Waals surface area contributed by atoms with Crippen molar-refractivity contribution >= 4 is 5.84 Å². The lowest BCUT2D eigenvalue weighted by atomic mass is 10.1. The number of rotatable bonds is 4. The molecule has 0 bridgehead atoms. The highest BCUT2D eigenvalue weighted by molar-refractivity contribution is 5.84. The van der Waals surface area contributed by atoms with Crippen molar-refractivity contribution in [2.24, 2.45) is 10.9 Å². The third kappa shape index (κ3) is 3.68. The molecule has 1 aliphatic heterocycles. The molecule has 2 heterocycles. The number of nitrogens with zero attached hydrogens (tertiary/aromatic N) is 4. The van der Waals surface area contributed by atoms with Gasteiger partial charge in [0.15, 0.2) is 5.84 Å². The largest absolute Gasteiger partial charge is 0.409 e. The van der Waals surface area contributed by atoms with Crippen LogP contribution in [-0.2, 0) is 6.54 Å². The second-order valence-corrected chi connectivity index (χ2v) is 5.38. The van der Waals surface area contributed by atoms with Crippen molar-refractivity contribution in [1.82, 2.24) is 14.8 Å². The van der Waals surface area contributed by atoms with Crippen LogP contribution in [0.2, 0.25) is 0 Å². The number of aryl methyl sites for hydroxylation is 1. The van der Waals surface area contributed by atoms with E-state index in [1.54, 1.807) is 0 Å². The van der Waals surface area contributed by atoms with Crippen molar-refractivity contribution < 1.29 is 5.21 Å². The predicted molar refractivity (Wildman–Crippen MR) is 78.7 cm³/mol. The fourth-order valence-corrected chi connectivity index (χ4v) is 2.54. The molecule has 1 saturated heterocycles. The Morgan fingerprint density at radius 3 is 2.70 bits per heavy atom. The van der Waals surface area contributed by atoms with Gasteiger partial charge in [-0.3, -0.25) is 14.8 Å². The second kappa shape index (κ2) is 6.67. The maximum Gasteiger partial charge on any atom is 0.156 e. The van der Waals surface area contributed by atoms with Crippen LogP contribution < -0.4 is 5.73 Å². The van der Waals surface area contributed by atoms with Crippen LogP contribution in [0, 0.1) is 6.92 Å². The zero-order valence-electron chi connectivity index (χ0n) is 12.2. The molecule has 0 radical (unpaired) electrons. The van der Waals surface area contributed by atoms with Crippen LogP contribution in [0.4, 0.5) is 0 Å². The van der Waals surface area contributed by atoms with Crippen molar-refractivity contribution in [3.63, 3.8) is 0 Å². The molecule has 3 N–H and O–H groups in total. The number of nitrogens with two attached hydrogens (primary N) is 1. The first kappa shape index (κ1) is 14.7. The fourth-order valence-electron chi connectivity index (χ4n) is 2.54. The zero-order valence-corrected chi connectivity index (χ0v) is 12.2. The van der Waals surface area contributed by atoms with Crippen molar-refractivity contribution in [3.8, 4) is 0 Å². The van der Waals surface area contributed by atoms with Crippen LogP contribution in [0.25, 0.3) is 0 Å². The summed E-state index contributed by atoms with van der Waals surface area (Å²) in [5.41, 5.74) is 8.11. The van der Waals surface area contributed by atoms with Crippen LogP contribution in [-0.4, -0.2) is 58.0 Å². The highest BCUT2D eigenvalue weighted by Crippen LogP contribution is 2.11. The Morgan fingerprint density at radius 2 is 2.10 bits per heavy atom. The first-order chi connectivity index (χ1) is 9.60. The van der Waals surface area contributed by atoms with Crippen molar-refractivity contribution in [2.45, 2.75) is 26.4 Å². The Bertz CT molecular complexity index is 468. The van der Waals surface area contributed by atoms with E-state index in [1.165, 1.54) is 11.1 Å². The van der Waals surface area contributed by atoms with E-state index in [0.29, 0.717) is 0 Å². The number of aromatic nitrogens is 1. The number of amidine groups is 1. The molecule has 2 rings (SSSR count). The Morgan fingerprint density at radius 1 is 1.40 bits per heavy atom. The van der Waals surface area contributed by atoms with Gasteiger partial charge < -0.3 is 10.9 Å². The van der Waals surface area contributed by atoms with Crippen molar-refractivity contribution in [2.75, 3.05) is 26.2 Å². The highest BCUT2D eigenvalue weighted by atomic mass is 16.4. The Hall–Kier alpha value is -1.66. The van der Waals surface area contributed by atoms with Crippen molar-refractivity contribution in [3.05, 3.63) is 29.6 Å². The maximum atomic E-state index is 8.73. The summed E-state index contributed by atoms with van der Waals surface area (Å²) < 4.78 is 0. The summed E-state index contributed by atoms with van der Waals surface area (Å²) >= 11 is 0. The van der Waals surface area contributed by atoms with Crippen LogP contribution >= 0.6 is 0 Å². The van der Waals surface area contributed by atoms with Crippen LogP contribution in [0.1, 0.15) is 18.1 Å². The van der Waals surface area contributed by atoms with Gasteiger partial charge >= 0.3 is 0 Å². The minimum atomic E-state index is -0.0113. The van der Waals surface area contributed by atoms with Crippen LogP contribution in [0.5, 0.6) is 0 Å². The molecule has 110 valence electrons. The van der Waals surface area contributed by atoms with E-state index in [0.717, 1.165) is 32.7 Å². The number of hydrogen-bond acceptors (Lipinski definition) is 5. The second-order valence-electron chi connectivity index (χ2n) is 5.38. The summed E-state index contributed by atoms with van der Waals surface area (Å²) in [6.07, 6.45) is 3.80. The van der Waals surface area contributed by atoms with E-state index in [4.69, 9.17) is 10.9 Å². The molecule has 1 aliphatic rings. The predicted octanol–water partition coefficient (Wildman–Crippen LogP) is 0.643. The molecule has 0 amide bonds. The molecule has 6 nitrogen and oxygen atoms in total. The number of hydrogen-bond donors (Lipinski definition) is 2. The molecule has 6 heteroatoms. The van der Waals surface area contributed by atoms with E-state index in [1.807, 2.05) is 19.3 Å². The molecule has 0 spiro atoms. The topological polar surface area (TPSA) is 78.0 Å². The first-order valence-corrected chi connectivity index (χ1v) is 6.94. The first-order valence-electron chi connectivity index (χ1n) is 6.94. The molecule has 20 heavy (non-hydrogen) atoms. The fraction of sp³-hybridized carbons (Fsp3) is 0.571. The van der Waals surface area contributed by atoms with Gasteiger partial charge in [-0.1, -0.05) is 11.2 Å². The molecule has 1 unspecified atom stereocenters. The van der Waals surface area contributed by atoms with E-state index < -0.39 is 0 Å². The molecule has 0 aliphatic carbocycles. The average molecular weight is 277 g/mol. The molecule has 0 aromatic carbocycles. The van der Waals surface area contributed by atoms with Gasteiger partial charge in [0.05, 0.1) is 6.04 Å². The molecule has 1 atom stereocenters. The summed E-state index contributed by atoms with van der Waals surface area (Å²) in [4.78, 5) is 8.87. The Labute approximate surface area is 119 Å². The summed E-state index contributed by atoms with van der Waals surface area (Å²) in [6, 6.07) is 2.17. The molecule has 1 aromatic heterocycles. The van der Waals surface area contributed by atoms with Gasteiger partial charge in [-0.15, -0.1) is 0 Å². The van der Waals surface area contributed by atoms with Crippen LogP contribution in [0.3, 0.4) is 0 Å². The SMILES string of the molecule is Cc1cncc(CN2CCN(C(C)/C(N)=N/O)CC2)c1. The lowest BCUT2D eigenvalue weighted by molar-refractivity contribution is 0.116. The van der Waals surface area contributed by atoms with Gasteiger partial charge in [-0.25, -0.2) is 0 Å². The molecular formula is C14H23N5O. The Kier molecular flexibility index (Phi) is 4.92. The number of pyridine rings is 1. The summed E-state index contributed by atoms with van der Waals surface area (Å²) in [5, 5.41) is 11.8. The standard InChI is InChI=1S/C14H23N5O/c1-11-7-13(9-16-8-11)10-18-3-5-19(6-4-18)12(2)14(15)17-20/h7-9,12,20H,3-6,10H2,1-2H3,(H2,15,17). The normalized spacial score (nSPS) is 20.0. The quantitative estimate of drug-likeness (QED) is 0.365. The molecule has 0 saturated carbocycles. The van der Waals surface area contributed by atoms with Crippen molar-refractivity contribution in [1.29, 1.82) is 0 Å². The van der Waals surface area contributed by atoms with E-state index in [9.17, 15) is 0 Å². The number of oxime groups is 1. The molecule has 1 aromatic rings. The van der Waals surface area contributed by atoms with E-state index in [-0.39, 0.29) is 11.9 Å². The monoisotopic (exact) mass is 277 g/mol. The molecular weight excluding hydrogens is 254 g/mol. The minimum Gasteiger partial charge on any atom is -0.409 e. The average Bonchev–Trinajstić information content (AvgIpc) is 2.46. The smallest absolute Gasteiger partial charge is 0.156 e. The van der Waals surface area contributed by atoms with Gasteiger partial charge in [-0.2, -0.15) is 0 Å². The summed E-state index contributed by atoms with van der Waals surface area (Å²) in [5.74, 6) is 0.279. The number of piperazine rings is 1. The van der Waals surface area contributed by atoms with Gasteiger partial charge in [-0.05, 0) is 25.0 Å². The van der Waals surface area contributed by atoms with E-state index >= 15 is 0 Å². The lowest BCUT2D eigenvalue weighted by Crippen LogP contribution is -2.52. The zero-order chi connectivity index (χ0) is 14.5. The van der Waals surface area contributed by atoms with Gasteiger partial charge in [0.1, 0.15) is 0 Å². The minimum absolute atomic E-state index is 0.0113.